The maximum Gasteiger partial charge on any atom is 0.368 e. The van der Waals surface area contributed by atoms with Gasteiger partial charge in [-0.05, 0) is 19.1 Å². The van der Waals surface area contributed by atoms with Gasteiger partial charge in [-0.1, -0.05) is 48.0 Å². The molecule has 0 aliphatic rings. The van der Waals surface area contributed by atoms with Crippen LogP contribution >= 0.6 is 0 Å². The minimum absolute atomic E-state index is 0.281. The van der Waals surface area contributed by atoms with E-state index in [4.69, 9.17) is 4.74 Å². The van der Waals surface area contributed by atoms with E-state index >= 15 is 35.1 Å². The van der Waals surface area contributed by atoms with E-state index in [1.54, 1.807) is 24.5 Å². The van der Waals surface area contributed by atoms with E-state index in [1.165, 1.54) is 0 Å². The van der Waals surface area contributed by atoms with Crippen molar-refractivity contribution >= 4 is 34.0 Å². The molecule has 354 valence electrons. The third kappa shape index (κ3) is 8.33. The van der Waals surface area contributed by atoms with Gasteiger partial charge in [-0.25, -0.2) is 97.6 Å². The molecule has 0 N–H and O–H groups in total. The summed E-state index contributed by atoms with van der Waals surface area (Å²) in [6, 6.07) is 17.4. The Kier molecular flexibility index (Phi) is 14.0. The van der Waals surface area contributed by atoms with Crippen molar-refractivity contribution < 1.29 is 102 Å². The van der Waals surface area contributed by atoms with Crippen LogP contribution in [-0.2, 0) is 6.54 Å². The highest BCUT2D eigenvalue weighted by Crippen LogP contribution is 2.31. The number of carbonyl (C=O) groups excluding carboxylic acids is 1. The largest absolute Gasteiger partial charge is 0.422 e. The zero-order valence-corrected chi connectivity index (χ0v) is 33.0. The summed E-state index contributed by atoms with van der Waals surface area (Å²) in [6.45, 7) is 2.66. The van der Waals surface area contributed by atoms with E-state index in [1.807, 2.05) is 60.2 Å². The highest BCUT2D eigenvalue weighted by atomic mass is 19.2. The third-order valence-corrected chi connectivity index (χ3v) is 10.1. The van der Waals surface area contributed by atoms with Crippen molar-refractivity contribution in [3.8, 4) is 5.75 Å². The van der Waals surface area contributed by atoms with Gasteiger partial charge in [-0.2, -0.15) is 4.57 Å². The topological polar surface area (TPSA) is 43.1 Å². The molecule has 0 aliphatic heterocycles. The standard InChI is InChI=1S/C24BF20.C19H17N2O2/c26-5-1(6(27)14(35)21(42)13(5)34)25(2-7(28)15(36)22(43)16(37)8(2)29,3-9(30)17(38)23(44)18(39)10(3)31)4-11(32)19(40)24(45)20(41)12(4)33;1-15-7-9-17(10-8-15)23-19(22)18-14-21(12-11-20-18)13-16-5-3-2-4-6-16/h;2-12,14H,13H2,1H3/q-1;+1. The molecule has 0 radical (unpaired) electrons. The van der Waals surface area contributed by atoms with Crippen molar-refractivity contribution in [3.05, 3.63) is 206 Å². The highest BCUT2D eigenvalue weighted by Gasteiger charge is 2.52. The molecule has 1 heterocycles. The van der Waals surface area contributed by atoms with Gasteiger partial charge in [0.1, 0.15) is 58.4 Å². The van der Waals surface area contributed by atoms with Crippen LogP contribution in [0.1, 0.15) is 21.6 Å². The Hall–Kier alpha value is -7.47. The Morgan fingerprint density at radius 1 is 0.456 bits per heavy atom. The molecule has 25 heteroatoms. The Labute approximate surface area is 366 Å². The van der Waals surface area contributed by atoms with Crippen LogP contribution in [-0.4, -0.2) is 17.1 Å². The third-order valence-electron chi connectivity index (χ3n) is 10.1. The molecule has 1 aromatic heterocycles. The second kappa shape index (κ2) is 19.0. The number of esters is 1. The predicted octanol–water partition coefficient (Wildman–Crippen LogP) is 8.79. The first kappa shape index (κ1) is 50.0. The monoisotopic (exact) mass is 984 g/mol. The maximum absolute atomic E-state index is 15.4. The number of nitrogens with zero attached hydrogens (tertiary/aromatic N) is 2. The molecule has 6 aromatic carbocycles. The summed E-state index contributed by atoms with van der Waals surface area (Å²) in [4.78, 5) is 16.3. The quantitative estimate of drug-likeness (QED) is 0.0291. The van der Waals surface area contributed by atoms with Crippen molar-refractivity contribution in [3.63, 3.8) is 0 Å². The average molecular weight is 984 g/mol. The lowest BCUT2D eigenvalue weighted by molar-refractivity contribution is -0.689. The number of hydrogen-bond donors (Lipinski definition) is 0. The van der Waals surface area contributed by atoms with Gasteiger partial charge in [0.2, 0.25) is 11.9 Å². The highest BCUT2D eigenvalue weighted by molar-refractivity contribution is 7.20. The van der Waals surface area contributed by atoms with Crippen molar-refractivity contribution in [2.45, 2.75) is 13.5 Å². The fourth-order valence-electron chi connectivity index (χ4n) is 7.07. The van der Waals surface area contributed by atoms with E-state index in [2.05, 4.69) is 4.98 Å². The first-order chi connectivity index (χ1) is 31.9. The number of benzene rings is 6. The minimum Gasteiger partial charge on any atom is -0.422 e. The fourth-order valence-corrected chi connectivity index (χ4v) is 7.07. The molecule has 0 spiro atoms. The van der Waals surface area contributed by atoms with E-state index in [-0.39, 0.29) is 5.69 Å². The molecule has 0 saturated heterocycles. The number of ether oxygens (including phenoxy) is 1. The van der Waals surface area contributed by atoms with Crippen molar-refractivity contribution in [1.82, 2.24) is 4.98 Å². The molecule has 7 aromatic rings. The van der Waals surface area contributed by atoms with Crippen molar-refractivity contribution in [2.75, 3.05) is 0 Å². The first-order valence-electron chi connectivity index (χ1n) is 18.3. The molecule has 7 rings (SSSR count). The Bertz CT molecular complexity index is 2780. The normalized spacial score (nSPS) is 11.4. The van der Waals surface area contributed by atoms with Crippen LogP contribution in [0, 0.1) is 123 Å². The molecule has 0 aliphatic carbocycles. The molecule has 68 heavy (non-hydrogen) atoms. The fraction of sp³-hybridized carbons (Fsp3) is 0.0465. The van der Waals surface area contributed by atoms with E-state index in [0.717, 1.165) is 11.1 Å². The molecule has 0 saturated carbocycles. The van der Waals surface area contributed by atoms with Gasteiger partial charge in [0.15, 0.2) is 82.5 Å². The maximum atomic E-state index is 15.4. The number of hydrogen-bond acceptors (Lipinski definition) is 3. The van der Waals surface area contributed by atoms with E-state index in [9.17, 15) is 57.5 Å². The molecule has 0 amide bonds. The average Bonchev–Trinajstić information content (AvgIpc) is 3.32. The zero-order valence-electron chi connectivity index (χ0n) is 33.0. The van der Waals surface area contributed by atoms with Crippen LogP contribution < -0.4 is 31.2 Å². The Morgan fingerprint density at radius 2 is 0.765 bits per heavy atom. The SMILES string of the molecule is Cc1ccc(OC(=O)c2c[n+](Cc3ccccc3)ccn2)cc1.Fc1c(F)c(F)c([B-](c2c(F)c(F)c(F)c(F)c2F)(c2c(F)c(F)c(F)c(F)c2F)c2c(F)c(F)c(F)c(F)c2F)c(F)c1F. The molecular formula is C43H17BF20N2O2. The molecule has 0 bridgehead atoms. The first-order valence-corrected chi connectivity index (χ1v) is 18.3. The Morgan fingerprint density at radius 3 is 1.09 bits per heavy atom. The summed E-state index contributed by atoms with van der Waals surface area (Å²) in [7, 11) is 0. The lowest BCUT2D eigenvalue weighted by atomic mass is 9.12. The lowest BCUT2D eigenvalue weighted by Gasteiger charge is -2.44. The van der Waals surface area contributed by atoms with Gasteiger partial charge in [0.25, 0.3) is 0 Å². The summed E-state index contributed by atoms with van der Waals surface area (Å²) >= 11 is 0. The van der Waals surface area contributed by atoms with Crippen LogP contribution in [0.15, 0.2) is 73.2 Å². The lowest BCUT2D eigenvalue weighted by Crippen LogP contribution is -2.81. The number of carbonyl (C=O) groups is 1. The van der Waals surface area contributed by atoms with Gasteiger partial charge >= 0.3 is 5.97 Å². The number of rotatable bonds is 8. The van der Waals surface area contributed by atoms with Gasteiger partial charge in [-0.15, -0.1) is 21.9 Å². The summed E-state index contributed by atoms with van der Waals surface area (Å²) in [6.07, 6.45) is -2.08. The molecule has 4 nitrogen and oxygen atoms in total. The molecule has 0 unspecified atom stereocenters. The molecule has 0 fully saturated rings. The van der Waals surface area contributed by atoms with Crippen LogP contribution in [0.25, 0.3) is 0 Å². The summed E-state index contributed by atoms with van der Waals surface area (Å²) in [5.41, 5.74) is -11.8. The second-order valence-electron chi connectivity index (χ2n) is 14.1. The smallest absolute Gasteiger partial charge is 0.368 e. The van der Waals surface area contributed by atoms with Gasteiger partial charge in [0.05, 0.1) is 6.20 Å². The van der Waals surface area contributed by atoms with Crippen LogP contribution in [0.2, 0.25) is 0 Å². The molecule has 0 atom stereocenters. The summed E-state index contributed by atoms with van der Waals surface area (Å²) in [5.74, 6) is -71.4. The summed E-state index contributed by atoms with van der Waals surface area (Å²) < 4.78 is 301. The minimum atomic E-state index is -7.22. The van der Waals surface area contributed by atoms with Crippen LogP contribution in [0.4, 0.5) is 87.8 Å². The number of halogens is 20. The van der Waals surface area contributed by atoms with Crippen LogP contribution in [0.3, 0.4) is 0 Å². The van der Waals surface area contributed by atoms with Crippen molar-refractivity contribution in [1.29, 1.82) is 0 Å². The van der Waals surface area contributed by atoms with Gasteiger partial charge in [0, 0.05) is 5.56 Å². The van der Waals surface area contributed by atoms with E-state index in [0.29, 0.717) is 12.3 Å². The number of aromatic nitrogens is 2. The summed E-state index contributed by atoms with van der Waals surface area (Å²) in [5, 5.41) is 0. The van der Waals surface area contributed by atoms with Gasteiger partial charge < -0.3 is 4.74 Å². The van der Waals surface area contributed by atoms with Crippen LogP contribution in [0.5, 0.6) is 5.75 Å². The Balaban J connectivity index is 0.000000276. The second-order valence-corrected chi connectivity index (χ2v) is 14.1. The van der Waals surface area contributed by atoms with E-state index < -0.39 is 150 Å². The molecular weight excluding hydrogens is 967 g/mol. The number of aryl methyl sites for hydroxylation is 1. The van der Waals surface area contributed by atoms with Crippen molar-refractivity contribution in [2.24, 2.45) is 0 Å². The van der Waals surface area contributed by atoms with Gasteiger partial charge in [-0.3, -0.25) is 0 Å². The predicted molar refractivity (Wildman–Crippen MR) is 195 cm³/mol. The zero-order chi connectivity index (χ0) is 50.4.